The fraction of sp³-hybridized carbons (Fsp3) is 0.412. The number of rotatable bonds is 6. The molecule has 0 aromatic heterocycles. The highest BCUT2D eigenvalue weighted by molar-refractivity contribution is 5.97. The van der Waals surface area contributed by atoms with Gasteiger partial charge in [-0.05, 0) is 12.1 Å². The second-order valence-electron chi connectivity index (χ2n) is 5.44. The predicted octanol–water partition coefficient (Wildman–Crippen LogP) is 0.617. The quantitative estimate of drug-likeness (QED) is 0.587. The van der Waals surface area contributed by atoms with Crippen LogP contribution in [0.25, 0.3) is 0 Å². The molecule has 2 rings (SSSR count). The maximum absolute atomic E-state index is 12.5. The number of nitrogens with zero attached hydrogens (tertiary/aromatic N) is 3. The Kier molecular flexibility index (Phi) is 6.61. The van der Waals surface area contributed by atoms with Crippen molar-refractivity contribution in [1.82, 2.24) is 9.80 Å². The van der Waals surface area contributed by atoms with E-state index in [4.69, 9.17) is 10.5 Å². The number of nitrogens with two attached hydrogens (primary N) is 1. The number of amides is 1. The third kappa shape index (κ3) is 4.47. The lowest BCUT2D eigenvalue weighted by Crippen LogP contribution is -2.50. The molecule has 24 heavy (non-hydrogen) atoms. The number of carbonyl (C=O) groups is 1. The molecule has 1 heterocycles. The van der Waals surface area contributed by atoms with Crippen LogP contribution in [-0.2, 0) is 4.79 Å². The summed E-state index contributed by atoms with van der Waals surface area (Å²) < 4.78 is 5.24. The van der Waals surface area contributed by atoms with E-state index in [0.29, 0.717) is 31.1 Å². The highest BCUT2D eigenvalue weighted by Crippen LogP contribution is 2.23. The van der Waals surface area contributed by atoms with Gasteiger partial charge in [0.15, 0.2) is 0 Å². The number of hydrogen-bond acceptors (Lipinski definition) is 6. The van der Waals surface area contributed by atoms with Crippen molar-refractivity contribution in [2.75, 3.05) is 51.7 Å². The van der Waals surface area contributed by atoms with Crippen molar-refractivity contribution in [3.63, 3.8) is 0 Å². The first-order valence-electron chi connectivity index (χ1n) is 7.91. The van der Waals surface area contributed by atoms with Crippen molar-refractivity contribution >= 4 is 11.6 Å². The zero-order valence-corrected chi connectivity index (χ0v) is 13.9. The second kappa shape index (κ2) is 8.91. The minimum absolute atomic E-state index is 0.0770. The topological polar surface area (TPSA) is 94.6 Å². The van der Waals surface area contributed by atoms with E-state index >= 15 is 0 Å². The fourth-order valence-corrected chi connectivity index (χ4v) is 2.58. The molecule has 128 valence electrons. The van der Waals surface area contributed by atoms with Crippen LogP contribution in [0.1, 0.15) is 0 Å². The Morgan fingerprint density at radius 3 is 2.71 bits per heavy atom. The van der Waals surface area contributed by atoms with Gasteiger partial charge in [0.2, 0.25) is 0 Å². The number of carbonyl (C=O) groups excluding carboxylic acids is 1. The van der Waals surface area contributed by atoms with E-state index < -0.39 is 0 Å². The molecule has 3 N–H and O–H groups in total. The van der Waals surface area contributed by atoms with Gasteiger partial charge >= 0.3 is 0 Å². The summed E-state index contributed by atoms with van der Waals surface area (Å²) in [4.78, 5) is 16.4. The molecule has 0 aliphatic carbocycles. The van der Waals surface area contributed by atoms with Gasteiger partial charge < -0.3 is 20.7 Å². The molecule has 0 saturated carbocycles. The third-order valence-electron chi connectivity index (χ3n) is 3.93. The van der Waals surface area contributed by atoms with E-state index in [1.165, 1.54) is 6.20 Å². The van der Waals surface area contributed by atoms with Crippen LogP contribution >= 0.6 is 0 Å². The SMILES string of the molecule is COc1ccccc1N/C=C(/C#N)C(=O)N1CCN(CCN)CC1. The van der Waals surface area contributed by atoms with Crippen LogP contribution in [0.15, 0.2) is 36.0 Å². The minimum Gasteiger partial charge on any atom is -0.495 e. The smallest absolute Gasteiger partial charge is 0.266 e. The standard InChI is InChI=1S/C17H23N5O2/c1-24-16-5-3-2-4-15(16)20-13-14(12-19)17(23)22-10-8-21(7-6-18)9-11-22/h2-5,13,20H,6-11,18H2,1H3/b14-13-. The summed E-state index contributed by atoms with van der Waals surface area (Å²) >= 11 is 0. The van der Waals surface area contributed by atoms with Crippen molar-refractivity contribution in [2.24, 2.45) is 5.73 Å². The van der Waals surface area contributed by atoms with Gasteiger partial charge in [0, 0.05) is 45.5 Å². The minimum atomic E-state index is -0.257. The first-order valence-corrected chi connectivity index (χ1v) is 7.91. The van der Waals surface area contributed by atoms with Crippen molar-refractivity contribution in [3.8, 4) is 11.8 Å². The fourth-order valence-electron chi connectivity index (χ4n) is 2.58. The van der Waals surface area contributed by atoms with Crippen molar-refractivity contribution < 1.29 is 9.53 Å². The van der Waals surface area contributed by atoms with Gasteiger partial charge in [-0.3, -0.25) is 9.69 Å². The second-order valence-corrected chi connectivity index (χ2v) is 5.44. The summed E-state index contributed by atoms with van der Waals surface area (Å²) in [6, 6.07) is 9.30. The molecule has 1 aromatic carbocycles. The highest BCUT2D eigenvalue weighted by Gasteiger charge is 2.23. The van der Waals surface area contributed by atoms with Crippen LogP contribution in [0.2, 0.25) is 0 Å². The first-order chi connectivity index (χ1) is 11.7. The Hall–Kier alpha value is -2.56. The van der Waals surface area contributed by atoms with Crippen LogP contribution in [0.4, 0.5) is 5.69 Å². The van der Waals surface area contributed by atoms with E-state index in [0.717, 1.165) is 19.6 Å². The number of anilines is 1. The number of benzene rings is 1. The highest BCUT2D eigenvalue weighted by atomic mass is 16.5. The molecule has 1 fully saturated rings. The number of nitrogens with one attached hydrogen (secondary N) is 1. The first kappa shape index (κ1) is 17.8. The van der Waals surface area contributed by atoms with Crippen LogP contribution in [0.3, 0.4) is 0 Å². The molecule has 7 nitrogen and oxygen atoms in total. The van der Waals surface area contributed by atoms with E-state index in [1.807, 2.05) is 24.3 Å². The molecular formula is C17H23N5O2. The van der Waals surface area contributed by atoms with Gasteiger partial charge in [0.25, 0.3) is 5.91 Å². The number of methoxy groups -OCH3 is 1. The Labute approximate surface area is 142 Å². The summed E-state index contributed by atoms with van der Waals surface area (Å²) in [5.74, 6) is 0.390. The van der Waals surface area contributed by atoms with Crippen LogP contribution in [0, 0.1) is 11.3 Å². The van der Waals surface area contributed by atoms with Crippen molar-refractivity contribution in [2.45, 2.75) is 0 Å². The molecule has 0 spiro atoms. The molecule has 1 aromatic rings. The largest absolute Gasteiger partial charge is 0.495 e. The van der Waals surface area contributed by atoms with Gasteiger partial charge in [0.05, 0.1) is 12.8 Å². The van der Waals surface area contributed by atoms with Crippen LogP contribution in [0.5, 0.6) is 5.75 Å². The van der Waals surface area contributed by atoms with Gasteiger partial charge in [-0.2, -0.15) is 5.26 Å². The molecule has 0 radical (unpaired) electrons. The van der Waals surface area contributed by atoms with Crippen molar-refractivity contribution in [3.05, 3.63) is 36.0 Å². The number of nitriles is 1. The van der Waals surface area contributed by atoms with Gasteiger partial charge in [-0.25, -0.2) is 0 Å². The zero-order valence-electron chi connectivity index (χ0n) is 13.9. The Balaban J connectivity index is 2.00. The molecule has 7 heteroatoms. The average molecular weight is 329 g/mol. The lowest BCUT2D eigenvalue weighted by Gasteiger charge is -2.34. The van der Waals surface area contributed by atoms with Crippen molar-refractivity contribution in [1.29, 1.82) is 5.26 Å². The Morgan fingerprint density at radius 1 is 1.38 bits per heavy atom. The van der Waals surface area contributed by atoms with Crippen LogP contribution < -0.4 is 15.8 Å². The third-order valence-corrected chi connectivity index (χ3v) is 3.93. The molecule has 1 aliphatic heterocycles. The Morgan fingerprint density at radius 2 is 2.08 bits per heavy atom. The van der Waals surface area contributed by atoms with E-state index in [-0.39, 0.29) is 11.5 Å². The van der Waals surface area contributed by atoms with Gasteiger partial charge in [0.1, 0.15) is 17.4 Å². The number of hydrogen-bond donors (Lipinski definition) is 2. The molecule has 0 atom stereocenters. The Bertz CT molecular complexity index is 630. The maximum Gasteiger partial charge on any atom is 0.266 e. The number of piperazine rings is 1. The summed E-state index contributed by atoms with van der Waals surface area (Å²) in [7, 11) is 1.57. The summed E-state index contributed by atoms with van der Waals surface area (Å²) in [6.45, 7) is 4.21. The summed E-state index contributed by atoms with van der Waals surface area (Å²) in [5.41, 5.74) is 6.33. The van der Waals surface area contributed by atoms with E-state index in [1.54, 1.807) is 18.1 Å². The van der Waals surface area contributed by atoms with E-state index in [2.05, 4.69) is 10.2 Å². The summed E-state index contributed by atoms with van der Waals surface area (Å²) in [5, 5.41) is 12.3. The van der Waals surface area contributed by atoms with Gasteiger partial charge in [-0.1, -0.05) is 12.1 Å². The van der Waals surface area contributed by atoms with E-state index in [9.17, 15) is 10.1 Å². The normalized spacial score (nSPS) is 15.7. The van der Waals surface area contributed by atoms with Gasteiger partial charge in [-0.15, -0.1) is 0 Å². The van der Waals surface area contributed by atoms with Crippen LogP contribution in [-0.4, -0.2) is 62.1 Å². The zero-order chi connectivity index (χ0) is 17.4. The summed E-state index contributed by atoms with van der Waals surface area (Å²) in [6.07, 6.45) is 1.44. The molecule has 1 amide bonds. The molecule has 0 unspecified atom stereocenters. The molecule has 1 saturated heterocycles. The molecule has 1 aliphatic rings. The molecule has 0 bridgehead atoms. The molecular weight excluding hydrogens is 306 g/mol. The monoisotopic (exact) mass is 329 g/mol. The average Bonchev–Trinajstić information content (AvgIpc) is 2.63. The maximum atomic E-state index is 12.5. The lowest BCUT2D eigenvalue weighted by atomic mass is 10.2. The number of para-hydroxylation sites is 2. The lowest BCUT2D eigenvalue weighted by molar-refractivity contribution is -0.128. The number of ether oxygens (including phenoxy) is 1. The predicted molar refractivity (Wildman–Crippen MR) is 92.4 cm³/mol.